The lowest BCUT2D eigenvalue weighted by Crippen LogP contribution is -2.47. The zero-order chi connectivity index (χ0) is 15.2. The second kappa shape index (κ2) is 6.86. The average Bonchev–Trinajstić information content (AvgIpc) is 2.50. The van der Waals surface area contributed by atoms with Gasteiger partial charge in [-0.05, 0) is 25.6 Å². The SMILES string of the molecule is Cc1cccnc1N/C=C(/C#N)C(=O)N1CCN(C)CC1. The van der Waals surface area contributed by atoms with Gasteiger partial charge in [0, 0.05) is 38.6 Å². The molecule has 0 radical (unpaired) electrons. The van der Waals surface area contributed by atoms with Gasteiger partial charge < -0.3 is 15.1 Å². The zero-order valence-corrected chi connectivity index (χ0v) is 12.3. The number of anilines is 1. The fraction of sp³-hybridized carbons (Fsp3) is 0.400. The molecule has 0 aliphatic carbocycles. The molecule has 0 saturated carbocycles. The number of piperazine rings is 1. The van der Waals surface area contributed by atoms with E-state index >= 15 is 0 Å². The predicted octanol–water partition coefficient (Wildman–Crippen LogP) is 0.983. The topological polar surface area (TPSA) is 72.3 Å². The van der Waals surface area contributed by atoms with E-state index in [2.05, 4.69) is 15.2 Å². The van der Waals surface area contributed by atoms with Crippen molar-refractivity contribution >= 4 is 11.7 Å². The van der Waals surface area contributed by atoms with Crippen LogP contribution in [0.4, 0.5) is 5.82 Å². The first-order valence-electron chi connectivity index (χ1n) is 6.88. The van der Waals surface area contributed by atoms with Crippen molar-refractivity contribution in [2.75, 3.05) is 38.5 Å². The highest BCUT2D eigenvalue weighted by atomic mass is 16.2. The second-order valence-electron chi connectivity index (χ2n) is 5.08. The summed E-state index contributed by atoms with van der Waals surface area (Å²) in [6, 6.07) is 5.72. The van der Waals surface area contributed by atoms with E-state index in [1.807, 2.05) is 32.2 Å². The fourth-order valence-electron chi connectivity index (χ4n) is 2.10. The second-order valence-corrected chi connectivity index (χ2v) is 5.08. The first-order valence-corrected chi connectivity index (χ1v) is 6.88. The monoisotopic (exact) mass is 285 g/mol. The molecule has 0 aromatic carbocycles. The van der Waals surface area contributed by atoms with Gasteiger partial charge in [-0.3, -0.25) is 4.79 Å². The van der Waals surface area contributed by atoms with Gasteiger partial charge >= 0.3 is 0 Å². The van der Waals surface area contributed by atoms with Crippen LogP contribution in [0.2, 0.25) is 0 Å². The first-order chi connectivity index (χ1) is 10.1. The van der Waals surface area contributed by atoms with E-state index in [0.29, 0.717) is 18.9 Å². The Labute approximate surface area is 124 Å². The number of nitriles is 1. The lowest BCUT2D eigenvalue weighted by atomic mass is 10.2. The van der Waals surface area contributed by atoms with E-state index in [9.17, 15) is 10.1 Å². The maximum atomic E-state index is 12.3. The summed E-state index contributed by atoms with van der Waals surface area (Å²) in [5.74, 6) is 0.420. The van der Waals surface area contributed by atoms with Gasteiger partial charge in [0.15, 0.2) is 0 Å². The number of nitrogens with one attached hydrogen (secondary N) is 1. The Kier molecular flexibility index (Phi) is 4.90. The summed E-state index contributed by atoms with van der Waals surface area (Å²) in [5, 5.41) is 12.1. The molecule has 0 atom stereocenters. The molecular formula is C15H19N5O. The molecule has 1 fully saturated rings. The summed E-state index contributed by atoms with van der Waals surface area (Å²) in [7, 11) is 2.02. The lowest BCUT2D eigenvalue weighted by Gasteiger charge is -2.32. The molecule has 0 unspecified atom stereocenters. The molecule has 21 heavy (non-hydrogen) atoms. The summed E-state index contributed by atoms with van der Waals surface area (Å²) in [4.78, 5) is 20.3. The number of nitrogens with zero attached hydrogens (tertiary/aromatic N) is 4. The van der Waals surface area contributed by atoms with E-state index in [1.165, 1.54) is 6.20 Å². The lowest BCUT2D eigenvalue weighted by molar-refractivity contribution is -0.128. The van der Waals surface area contributed by atoms with Crippen molar-refractivity contribution in [3.8, 4) is 6.07 Å². The van der Waals surface area contributed by atoms with Crippen LogP contribution in [0, 0.1) is 18.3 Å². The number of amides is 1. The molecule has 110 valence electrons. The number of hydrogen-bond acceptors (Lipinski definition) is 5. The average molecular weight is 285 g/mol. The number of likely N-dealkylation sites (N-methyl/N-ethyl adjacent to an activating group) is 1. The van der Waals surface area contributed by atoms with Gasteiger partial charge in [0.25, 0.3) is 5.91 Å². The van der Waals surface area contributed by atoms with E-state index < -0.39 is 0 Å². The summed E-state index contributed by atoms with van der Waals surface area (Å²) >= 11 is 0. The van der Waals surface area contributed by atoms with Crippen molar-refractivity contribution in [1.82, 2.24) is 14.8 Å². The van der Waals surface area contributed by atoms with E-state index in [0.717, 1.165) is 18.7 Å². The Hall–Kier alpha value is -2.39. The molecule has 6 heteroatoms. The Morgan fingerprint density at radius 3 is 2.76 bits per heavy atom. The number of carbonyl (C=O) groups is 1. The third-order valence-electron chi connectivity index (χ3n) is 3.50. The van der Waals surface area contributed by atoms with E-state index in [1.54, 1.807) is 11.1 Å². The minimum absolute atomic E-state index is 0.101. The van der Waals surface area contributed by atoms with Gasteiger partial charge in [-0.15, -0.1) is 0 Å². The highest BCUT2D eigenvalue weighted by Gasteiger charge is 2.22. The van der Waals surface area contributed by atoms with Gasteiger partial charge in [-0.1, -0.05) is 6.07 Å². The summed E-state index contributed by atoms with van der Waals surface area (Å²) in [6.07, 6.45) is 3.10. The van der Waals surface area contributed by atoms with Gasteiger partial charge in [0.1, 0.15) is 17.5 Å². The van der Waals surface area contributed by atoms with Gasteiger partial charge in [0.2, 0.25) is 0 Å². The van der Waals surface area contributed by atoms with Crippen molar-refractivity contribution < 1.29 is 4.79 Å². The maximum Gasteiger partial charge on any atom is 0.266 e. The molecule has 1 aliphatic rings. The number of pyridine rings is 1. The van der Waals surface area contributed by atoms with Crippen LogP contribution in [0.5, 0.6) is 0 Å². The largest absolute Gasteiger partial charge is 0.345 e. The number of aryl methyl sites for hydroxylation is 1. The van der Waals surface area contributed by atoms with Gasteiger partial charge in [-0.2, -0.15) is 5.26 Å². The molecule has 1 saturated heterocycles. The number of aromatic nitrogens is 1. The summed E-state index contributed by atoms with van der Waals surface area (Å²) < 4.78 is 0. The third kappa shape index (κ3) is 3.80. The molecule has 2 heterocycles. The predicted molar refractivity (Wildman–Crippen MR) is 80.4 cm³/mol. The van der Waals surface area contributed by atoms with Gasteiger partial charge in [-0.25, -0.2) is 4.98 Å². The van der Waals surface area contributed by atoms with Crippen molar-refractivity contribution in [2.45, 2.75) is 6.92 Å². The first kappa shape index (κ1) is 15.0. The number of hydrogen-bond donors (Lipinski definition) is 1. The molecule has 1 amide bonds. The molecule has 1 aliphatic heterocycles. The summed E-state index contributed by atoms with van der Waals surface area (Å²) in [5.41, 5.74) is 1.06. The van der Waals surface area contributed by atoms with Gasteiger partial charge in [0.05, 0.1) is 0 Å². The standard InChI is InChI=1S/C15H19N5O/c1-12-4-3-5-17-14(12)18-11-13(10-16)15(21)20-8-6-19(2)7-9-20/h3-5,11H,6-9H2,1-2H3,(H,17,18)/b13-11-. The Morgan fingerprint density at radius 1 is 1.43 bits per heavy atom. The molecule has 1 N–H and O–H groups in total. The zero-order valence-electron chi connectivity index (χ0n) is 12.3. The summed E-state index contributed by atoms with van der Waals surface area (Å²) in [6.45, 7) is 4.87. The van der Waals surface area contributed by atoms with Crippen molar-refractivity contribution in [2.24, 2.45) is 0 Å². The van der Waals surface area contributed by atoms with Crippen LogP contribution < -0.4 is 5.32 Å². The van der Waals surface area contributed by atoms with Crippen molar-refractivity contribution in [1.29, 1.82) is 5.26 Å². The minimum Gasteiger partial charge on any atom is -0.345 e. The molecule has 0 bridgehead atoms. The molecule has 2 rings (SSSR count). The fourth-order valence-corrected chi connectivity index (χ4v) is 2.10. The molecule has 6 nitrogen and oxygen atoms in total. The van der Waals surface area contributed by atoms with Crippen LogP contribution in [-0.2, 0) is 4.79 Å². The van der Waals surface area contributed by atoms with E-state index in [4.69, 9.17) is 0 Å². The smallest absolute Gasteiger partial charge is 0.266 e. The normalized spacial score (nSPS) is 16.4. The Balaban J connectivity index is 2.05. The van der Waals surface area contributed by atoms with Crippen molar-refractivity contribution in [3.05, 3.63) is 35.7 Å². The van der Waals surface area contributed by atoms with Crippen LogP contribution in [0.25, 0.3) is 0 Å². The quantitative estimate of drug-likeness (QED) is 0.662. The number of rotatable bonds is 3. The Morgan fingerprint density at radius 2 is 2.14 bits per heavy atom. The number of carbonyl (C=O) groups excluding carboxylic acids is 1. The van der Waals surface area contributed by atoms with Crippen LogP contribution >= 0.6 is 0 Å². The van der Waals surface area contributed by atoms with Crippen LogP contribution in [-0.4, -0.2) is 53.9 Å². The molecular weight excluding hydrogens is 266 g/mol. The highest BCUT2D eigenvalue weighted by molar-refractivity contribution is 5.97. The maximum absolute atomic E-state index is 12.3. The van der Waals surface area contributed by atoms with Crippen molar-refractivity contribution in [3.63, 3.8) is 0 Å². The van der Waals surface area contributed by atoms with Crippen LogP contribution in [0.3, 0.4) is 0 Å². The van der Waals surface area contributed by atoms with Crippen LogP contribution in [0.15, 0.2) is 30.1 Å². The molecule has 1 aromatic heterocycles. The molecule has 1 aromatic rings. The molecule has 0 spiro atoms. The van der Waals surface area contributed by atoms with E-state index in [-0.39, 0.29) is 11.5 Å². The third-order valence-corrected chi connectivity index (χ3v) is 3.50. The minimum atomic E-state index is -0.230. The van der Waals surface area contributed by atoms with Crippen LogP contribution in [0.1, 0.15) is 5.56 Å². The Bertz CT molecular complexity index is 582. The highest BCUT2D eigenvalue weighted by Crippen LogP contribution is 2.11.